The van der Waals surface area contributed by atoms with E-state index in [-0.39, 0.29) is 6.54 Å². The van der Waals surface area contributed by atoms with Crippen molar-refractivity contribution in [1.29, 1.82) is 0 Å². The highest BCUT2D eigenvalue weighted by atomic mass is 19.1. The summed E-state index contributed by atoms with van der Waals surface area (Å²) in [5.41, 5.74) is 7.11. The molecule has 128 valence electrons. The highest BCUT2D eigenvalue weighted by Gasteiger charge is 2.19. The zero-order chi connectivity index (χ0) is 17.9. The number of carbonyl (C=O) groups excluding carboxylic acids is 1. The van der Waals surface area contributed by atoms with Crippen LogP contribution in [0.15, 0.2) is 36.4 Å². The van der Waals surface area contributed by atoms with Crippen LogP contribution in [-0.2, 0) is 0 Å². The number of hydrogen-bond acceptors (Lipinski definition) is 2. The lowest BCUT2D eigenvalue weighted by atomic mass is 9.99. The number of carbonyl (C=O) groups is 1. The smallest absolute Gasteiger partial charge is 0.257 e. The average molecular weight is 336 g/mol. The van der Waals surface area contributed by atoms with Crippen molar-refractivity contribution >= 4 is 5.91 Å². The highest BCUT2D eigenvalue weighted by Crippen LogP contribution is 2.18. The van der Waals surface area contributed by atoms with Crippen molar-refractivity contribution in [2.75, 3.05) is 6.54 Å². The molecule has 0 spiro atoms. The van der Waals surface area contributed by atoms with Crippen LogP contribution in [0, 0.1) is 17.5 Å². The molecule has 2 rings (SSSR count). The second-order valence-electron chi connectivity index (χ2n) is 5.88. The number of nitrogens with two attached hydrogens (primary N) is 1. The molecule has 6 heteroatoms. The van der Waals surface area contributed by atoms with Crippen LogP contribution >= 0.6 is 0 Å². The Morgan fingerprint density at radius 2 is 1.54 bits per heavy atom. The molecule has 0 fully saturated rings. The van der Waals surface area contributed by atoms with Crippen molar-refractivity contribution in [1.82, 2.24) is 5.32 Å². The molecule has 3 nitrogen and oxygen atoms in total. The summed E-state index contributed by atoms with van der Waals surface area (Å²) in [6.07, 6.45) is 0. The fourth-order valence-electron chi connectivity index (χ4n) is 2.30. The number of halogens is 3. The molecule has 0 bridgehead atoms. The third-order valence-corrected chi connectivity index (χ3v) is 3.75. The van der Waals surface area contributed by atoms with Crippen molar-refractivity contribution in [3.05, 3.63) is 70.5 Å². The standard InChI is InChI=1S/C18H19F3N2O/c1-10(2)11-3-5-12(6-4-11)16(22)9-23-18(24)17-14(20)7-13(19)8-15(17)21/h3-8,10,16H,9,22H2,1-2H3,(H,23,24). The number of amides is 1. The first-order valence-electron chi connectivity index (χ1n) is 7.57. The van der Waals surface area contributed by atoms with E-state index in [0.29, 0.717) is 18.1 Å². The van der Waals surface area contributed by atoms with Crippen LogP contribution in [0.25, 0.3) is 0 Å². The molecule has 2 aromatic rings. The van der Waals surface area contributed by atoms with Gasteiger partial charge < -0.3 is 11.1 Å². The Morgan fingerprint density at radius 1 is 1.04 bits per heavy atom. The van der Waals surface area contributed by atoms with Gasteiger partial charge in [-0.3, -0.25) is 4.79 Å². The molecule has 1 amide bonds. The minimum absolute atomic E-state index is 0.00385. The summed E-state index contributed by atoms with van der Waals surface area (Å²) in [5.74, 6) is -4.16. The Balaban J connectivity index is 2.03. The molecule has 24 heavy (non-hydrogen) atoms. The van der Waals surface area contributed by atoms with Gasteiger partial charge in [-0.1, -0.05) is 38.1 Å². The van der Waals surface area contributed by atoms with Gasteiger partial charge in [-0.25, -0.2) is 13.2 Å². The van der Waals surface area contributed by atoms with E-state index < -0.39 is 35.0 Å². The highest BCUT2D eigenvalue weighted by molar-refractivity contribution is 5.94. The molecule has 0 radical (unpaired) electrons. The lowest BCUT2D eigenvalue weighted by Crippen LogP contribution is -2.33. The second kappa shape index (κ2) is 7.49. The minimum atomic E-state index is -1.25. The molecule has 0 aromatic heterocycles. The summed E-state index contributed by atoms with van der Waals surface area (Å²) in [4.78, 5) is 11.9. The number of rotatable bonds is 5. The van der Waals surface area contributed by atoms with E-state index in [4.69, 9.17) is 5.73 Å². The Hall–Kier alpha value is -2.34. The number of nitrogens with one attached hydrogen (secondary N) is 1. The van der Waals surface area contributed by atoms with Crippen molar-refractivity contribution in [3.8, 4) is 0 Å². The van der Waals surface area contributed by atoms with E-state index in [1.54, 1.807) is 0 Å². The monoisotopic (exact) mass is 336 g/mol. The number of benzene rings is 2. The van der Waals surface area contributed by atoms with Crippen LogP contribution in [0.3, 0.4) is 0 Å². The first-order valence-corrected chi connectivity index (χ1v) is 7.57. The van der Waals surface area contributed by atoms with E-state index in [9.17, 15) is 18.0 Å². The van der Waals surface area contributed by atoms with Crippen LogP contribution in [0.5, 0.6) is 0 Å². The fourth-order valence-corrected chi connectivity index (χ4v) is 2.30. The largest absolute Gasteiger partial charge is 0.350 e. The summed E-state index contributed by atoms with van der Waals surface area (Å²) in [6.45, 7) is 4.14. The third-order valence-electron chi connectivity index (χ3n) is 3.75. The van der Waals surface area contributed by atoms with Crippen molar-refractivity contribution < 1.29 is 18.0 Å². The Kier molecular flexibility index (Phi) is 5.62. The zero-order valence-corrected chi connectivity index (χ0v) is 13.4. The van der Waals surface area contributed by atoms with Crippen LogP contribution in [-0.4, -0.2) is 12.5 Å². The quantitative estimate of drug-likeness (QED) is 0.875. The van der Waals surface area contributed by atoms with Crippen LogP contribution in [0.1, 0.15) is 47.3 Å². The number of hydrogen-bond donors (Lipinski definition) is 2. The SMILES string of the molecule is CC(C)c1ccc(C(N)CNC(=O)c2c(F)cc(F)cc2F)cc1. The van der Waals surface area contributed by atoms with E-state index in [2.05, 4.69) is 19.2 Å². The lowest BCUT2D eigenvalue weighted by molar-refractivity contribution is 0.0942. The van der Waals surface area contributed by atoms with Crippen LogP contribution < -0.4 is 11.1 Å². The Bertz CT molecular complexity index is 707. The molecule has 2 aromatic carbocycles. The summed E-state index contributed by atoms with van der Waals surface area (Å²) in [6, 6.07) is 7.99. The molecule has 0 saturated carbocycles. The molecular formula is C18H19F3N2O. The van der Waals surface area contributed by atoms with E-state index in [0.717, 1.165) is 11.1 Å². The van der Waals surface area contributed by atoms with Gasteiger partial charge in [-0.15, -0.1) is 0 Å². The van der Waals surface area contributed by atoms with Gasteiger partial charge in [0.05, 0.1) is 0 Å². The van der Waals surface area contributed by atoms with E-state index in [1.165, 1.54) is 0 Å². The maximum atomic E-state index is 13.6. The van der Waals surface area contributed by atoms with Gasteiger partial charge in [0.15, 0.2) is 0 Å². The molecule has 0 heterocycles. The summed E-state index contributed by atoms with van der Waals surface area (Å²) in [5, 5.41) is 2.37. The molecule has 3 N–H and O–H groups in total. The first-order chi connectivity index (χ1) is 11.3. The molecule has 1 atom stereocenters. The topological polar surface area (TPSA) is 55.1 Å². The third kappa shape index (κ3) is 4.14. The van der Waals surface area contributed by atoms with Gasteiger partial charge in [0, 0.05) is 24.7 Å². The lowest BCUT2D eigenvalue weighted by Gasteiger charge is -2.15. The average Bonchev–Trinajstić information content (AvgIpc) is 2.51. The molecule has 1 unspecified atom stereocenters. The van der Waals surface area contributed by atoms with Crippen molar-refractivity contribution in [3.63, 3.8) is 0 Å². The molecule has 0 aliphatic carbocycles. The molecule has 0 saturated heterocycles. The summed E-state index contributed by atoms with van der Waals surface area (Å²) < 4.78 is 40.0. The van der Waals surface area contributed by atoms with E-state index >= 15 is 0 Å². The van der Waals surface area contributed by atoms with Crippen molar-refractivity contribution in [2.24, 2.45) is 5.73 Å². The normalized spacial score (nSPS) is 12.3. The Labute approximate surface area is 138 Å². The molecular weight excluding hydrogens is 317 g/mol. The van der Waals surface area contributed by atoms with Crippen LogP contribution in [0.2, 0.25) is 0 Å². The fraction of sp³-hybridized carbons (Fsp3) is 0.278. The summed E-state index contributed by atoms with van der Waals surface area (Å²) >= 11 is 0. The Morgan fingerprint density at radius 3 is 2.04 bits per heavy atom. The zero-order valence-electron chi connectivity index (χ0n) is 13.4. The predicted octanol–water partition coefficient (Wildman–Crippen LogP) is 3.66. The van der Waals surface area contributed by atoms with E-state index in [1.807, 2.05) is 24.3 Å². The van der Waals surface area contributed by atoms with Gasteiger partial charge in [0.1, 0.15) is 23.0 Å². The van der Waals surface area contributed by atoms with Gasteiger partial charge in [0.25, 0.3) is 5.91 Å². The first kappa shape index (κ1) is 18.0. The van der Waals surface area contributed by atoms with Gasteiger partial charge >= 0.3 is 0 Å². The summed E-state index contributed by atoms with van der Waals surface area (Å²) in [7, 11) is 0. The minimum Gasteiger partial charge on any atom is -0.350 e. The van der Waals surface area contributed by atoms with Crippen molar-refractivity contribution in [2.45, 2.75) is 25.8 Å². The van der Waals surface area contributed by atoms with Gasteiger partial charge in [-0.2, -0.15) is 0 Å². The molecule has 0 aliphatic rings. The van der Waals surface area contributed by atoms with Crippen LogP contribution in [0.4, 0.5) is 13.2 Å². The maximum absolute atomic E-state index is 13.6. The van der Waals surface area contributed by atoms with Gasteiger partial charge in [0.2, 0.25) is 0 Å². The predicted molar refractivity (Wildman–Crippen MR) is 86.1 cm³/mol. The maximum Gasteiger partial charge on any atom is 0.257 e. The second-order valence-corrected chi connectivity index (χ2v) is 5.88. The molecule has 0 aliphatic heterocycles. The van der Waals surface area contributed by atoms with Gasteiger partial charge in [-0.05, 0) is 17.0 Å².